The Morgan fingerprint density at radius 3 is 2.76 bits per heavy atom. The number of aryl methyl sites for hydroxylation is 2. The van der Waals surface area contributed by atoms with Gasteiger partial charge >= 0.3 is 0 Å². The number of thiazole rings is 1. The zero-order valence-electron chi connectivity index (χ0n) is 10.3. The Morgan fingerprint density at radius 1 is 1.38 bits per heavy atom. The van der Waals surface area contributed by atoms with Crippen LogP contribution in [0.2, 0.25) is 4.34 Å². The first kappa shape index (κ1) is 14.7. The number of hydrogen-bond acceptors (Lipinski definition) is 7. The van der Waals surface area contributed by atoms with Crippen molar-refractivity contribution >= 4 is 55.1 Å². The number of nitro groups is 1. The molecular formula is C10H8ClN3O4S3. The molecule has 112 valence electrons. The van der Waals surface area contributed by atoms with Gasteiger partial charge in [0.05, 0.1) is 10.6 Å². The quantitative estimate of drug-likeness (QED) is 0.662. The first-order valence-electron chi connectivity index (χ1n) is 5.82. The van der Waals surface area contributed by atoms with E-state index in [0.717, 1.165) is 35.9 Å². The molecule has 1 aliphatic rings. The third-order valence-electron chi connectivity index (χ3n) is 2.93. The number of nitrogens with zero attached hydrogens (tertiary/aromatic N) is 2. The Balaban J connectivity index is 1.89. The van der Waals surface area contributed by atoms with E-state index in [1.807, 2.05) is 0 Å². The molecule has 2 aromatic rings. The van der Waals surface area contributed by atoms with Gasteiger partial charge in [0.15, 0.2) is 9.47 Å². The van der Waals surface area contributed by atoms with Crippen molar-refractivity contribution in [3.05, 3.63) is 31.1 Å². The maximum absolute atomic E-state index is 12.2. The van der Waals surface area contributed by atoms with Gasteiger partial charge < -0.3 is 0 Å². The van der Waals surface area contributed by atoms with Crippen LogP contribution in [-0.2, 0) is 22.9 Å². The van der Waals surface area contributed by atoms with Crippen molar-refractivity contribution in [2.24, 2.45) is 0 Å². The van der Waals surface area contributed by atoms with E-state index < -0.39 is 20.6 Å². The zero-order valence-corrected chi connectivity index (χ0v) is 13.5. The zero-order chi connectivity index (χ0) is 15.2. The molecule has 0 radical (unpaired) electrons. The molecular weight excluding hydrogens is 358 g/mol. The summed E-state index contributed by atoms with van der Waals surface area (Å²) < 4.78 is 26.4. The van der Waals surface area contributed by atoms with Crippen molar-refractivity contribution in [1.29, 1.82) is 0 Å². The van der Waals surface area contributed by atoms with E-state index in [4.69, 9.17) is 11.6 Å². The lowest BCUT2D eigenvalue weighted by atomic mass is 10.4. The van der Waals surface area contributed by atoms with Gasteiger partial charge in [0.2, 0.25) is 0 Å². The lowest BCUT2D eigenvalue weighted by molar-refractivity contribution is -0.384. The summed E-state index contributed by atoms with van der Waals surface area (Å²) in [5.74, 6) is 0. The number of sulfonamides is 1. The van der Waals surface area contributed by atoms with Crippen LogP contribution in [0.5, 0.6) is 0 Å². The van der Waals surface area contributed by atoms with E-state index >= 15 is 0 Å². The molecule has 0 spiro atoms. The Kier molecular flexibility index (Phi) is 3.64. The molecule has 3 rings (SSSR count). The topological polar surface area (TPSA) is 102 Å². The smallest absolute Gasteiger partial charge is 0.258 e. The number of nitrogens with one attached hydrogen (secondary N) is 1. The van der Waals surface area contributed by atoms with Crippen molar-refractivity contribution in [3.8, 4) is 0 Å². The minimum absolute atomic E-state index is 0.165. The Bertz CT molecular complexity index is 805. The van der Waals surface area contributed by atoms with Crippen LogP contribution in [-0.4, -0.2) is 18.3 Å². The number of rotatable bonds is 4. The van der Waals surface area contributed by atoms with Crippen molar-refractivity contribution < 1.29 is 13.3 Å². The average molecular weight is 366 g/mol. The normalized spacial score (nSPS) is 14.1. The van der Waals surface area contributed by atoms with Crippen LogP contribution in [0.3, 0.4) is 0 Å². The first-order valence-corrected chi connectivity index (χ1v) is 9.31. The van der Waals surface area contributed by atoms with Gasteiger partial charge in [-0.25, -0.2) is 13.4 Å². The third-order valence-corrected chi connectivity index (χ3v) is 7.28. The maximum Gasteiger partial charge on any atom is 0.300 e. The van der Waals surface area contributed by atoms with Crippen LogP contribution >= 0.6 is 34.3 Å². The molecule has 2 aromatic heterocycles. The summed E-state index contributed by atoms with van der Waals surface area (Å²) in [5, 5.41) is 11.0. The highest BCUT2D eigenvalue weighted by Gasteiger charge is 2.27. The Morgan fingerprint density at radius 2 is 2.14 bits per heavy atom. The lowest BCUT2D eigenvalue weighted by Gasteiger charge is -2.01. The van der Waals surface area contributed by atoms with Gasteiger partial charge in [0, 0.05) is 10.9 Å². The molecule has 0 saturated heterocycles. The predicted octanol–water partition coefficient (Wildman–Crippen LogP) is 3.06. The summed E-state index contributed by atoms with van der Waals surface area (Å²) >= 11 is 7.63. The number of hydrogen-bond donors (Lipinski definition) is 1. The summed E-state index contributed by atoms with van der Waals surface area (Å²) in [7, 11) is -3.91. The van der Waals surface area contributed by atoms with Gasteiger partial charge in [0.25, 0.3) is 15.7 Å². The molecule has 0 aliphatic heterocycles. The van der Waals surface area contributed by atoms with Crippen LogP contribution in [0.1, 0.15) is 17.0 Å². The molecule has 11 heteroatoms. The van der Waals surface area contributed by atoms with Gasteiger partial charge in [-0.2, -0.15) is 0 Å². The van der Waals surface area contributed by atoms with Gasteiger partial charge in [-0.15, -0.1) is 22.7 Å². The highest BCUT2D eigenvalue weighted by atomic mass is 35.5. The van der Waals surface area contributed by atoms with E-state index in [1.54, 1.807) is 0 Å². The van der Waals surface area contributed by atoms with Crippen LogP contribution in [0, 0.1) is 10.1 Å². The summed E-state index contributed by atoms with van der Waals surface area (Å²) in [6, 6.07) is 0.955. The number of halogens is 1. The van der Waals surface area contributed by atoms with E-state index in [0.29, 0.717) is 11.3 Å². The molecule has 0 atom stereocenters. The highest BCUT2D eigenvalue weighted by Crippen LogP contribution is 2.38. The lowest BCUT2D eigenvalue weighted by Crippen LogP contribution is -2.11. The van der Waals surface area contributed by atoms with Gasteiger partial charge in [0.1, 0.15) is 4.21 Å². The van der Waals surface area contributed by atoms with Crippen molar-refractivity contribution in [1.82, 2.24) is 4.98 Å². The molecule has 0 bridgehead atoms. The summed E-state index contributed by atoms with van der Waals surface area (Å²) in [4.78, 5) is 15.3. The number of aromatic nitrogens is 1. The minimum atomic E-state index is -3.91. The molecule has 0 saturated carbocycles. The Labute approximate surface area is 132 Å². The maximum atomic E-state index is 12.2. The van der Waals surface area contributed by atoms with Crippen LogP contribution < -0.4 is 4.72 Å². The predicted molar refractivity (Wildman–Crippen MR) is 80.9 cm³/mol. The molecule has 0 unspecified atom stereocenters. The number of anilines is 1. The third kappa shape index (κ3) is 2.76. The molecule has 0 aromatic carbocycles. The van der Waals surface area contributed by atoms with Gasteiger partial charge in [-0.1, -0.05) is 11.6 Å². The van der Waals surface area contributed by atoms with Gasteiger partial charge in [-0.05, 0) is 19.3 Å². The largest absolute Gasteiger partial charge is 0.300 e. The number of thiophene rings is 1. The van der Waals surface area contributed by atoms with E-state index in [1.165, 1.54) is 11.3 Å². The molecule has 21 heavy (non-hydrogen) atoms. The first-order chi connectivity index (χ1) is 9.87. The Hall–Kier alpha value is -1.23. The molecule has 0 amide bonds. The second kappa shape index (κ2) is 5.20. The van der Waals surface area contributed by atoms with Crippen molar-refractivity contribution in [3.63, 3.8) is 0 Å². The molecule has 0 fully saturated rings. The average Bonchev–Trinajstić information content (AvgIpc) is 3.02. The molecule has 2 heterocycles. The standard InChI is InChI=1S/C10H8ClN3O4S3/c11-9-6(14(15)16)4-8(20-9)21(17,18)13-10-12-5-2-1-3-7(5)19-10/h4H,1-3H2,(H,12,13). The fourth-order valence-corrected chi connectivity index (χ4v) is 5.94. The van der Waals surface area contributed by atoms with Crippen molar-refractivity contribution in [2.45, 2.75) is 23.5 Å². The fraction of sp³-hybridized carbons (Fsp3) is 0.300. The second-order valence-corrected chi connectivity index (χ2v) is 8.98. The molecule has 1 N–H and O–H groups in total. The van der Waals surface area contributed by atoms with Crippen LogP contribution in [0.4, 0.5) is 10.8 Å². The van der Waals surface area contributed by atoms with E-state index in [-0.39, 0.29) is 13.7 Å². The highest BCUT2D eigenvalue weighted by molar-refractivity contribution is 7.95. The molecule has 7 nitrogen and oxygen atoms in total. The summed E-state index contributed by atoms with van der Waals surface area (Å²) in [6.07, 6.45) is 2.79. The van der Waals surface area contributed by atoms with Gasteiger partial charge in [-0.3, -0.25) is 14.8 Å². The number of fused-ring (bicyclic) bond motifs is 1. The monoisotopic (exact) mass is 365 g/mol. The van der Waals surface area contributed by atoms with E-state index in [2.05, 4.69) is 9.71 Å². The summed E-state index contributed by atoms with van der Waals surface area (Å²) in [6.45, 7) is 0. The second-order valence-electron chi connectivity index (χ2n) is 4.33. The fourth-order valence-electron chi connectivity index (χ4n) is 1.99. The van der Waals surface area contributed by atoms with Crippen LogP contribution in [0.25, 0.3) is 0 Å². The minimum Gasteiger partial charge on any atom is -0.258 e. The molecule has 1 aliphatic carbocycles. The SMILES string of the molecule is O=[N+]([O-])c1cc(S(=O)(=O)Nc2nc3c(s2)CCC3)sc1Cl. The van der Waals surface area contributed by atoms with Crippen LogP contribution in [0.15, 0.2) is 10.3 Å². The van der Waals surface area contributed by atoms with E-state index in [9.17, 15) is 18.5 Å². The van der Waals surface area contributed by atoms with Crippen molar-refractivity contribution in [2.75, 3.05) is 4.72 Å². The summed E-state index contributed by atoms with van der Waals surface area (Å²) in [5.41, 5.74) is 0.511.